The largest absolute Gasteiger partial charge is 0.586 e. The van der Waals surface area contributed by atoms with E-state index < -0.39 is 6.29 Å². The number of aryl methyl sites for hydroxylation is 1. The predicted molar refractivity (Wildman–Crippen MR) is 105 cm³/mol. The van der Waals surface area contributed by atoms with Crippen LogP contribution < -0.4 is 24.6 Å². The molecule has 8 heteroatoms. The molecule has 154 valence electrons. The second kappa shape index (κ2) is 7.51. The highest BCUT2D eigenvalue weighted by Gasteiger charge is 2.43. The Kier molecular flexibility index (Phi) is 5.04. The lowest BCUT2D eigenvalue weighted by atomic mass is 10.1. The average molecular weight is 404 g/mol. The highest BCUT2D eigenvalue weighted by molar-refractivity contribution is 5.91. The minimum absolute atomic E-state index is 0.0406. The summed E-state index contributed by atoms with van der Waals surface area (Å²) in [6.45, 7) is 8.05. The molecule has 2 heterocycles. The van der Waals surface area contributed by atoms with Crippen molar-refractivity contribution in [3.8, 4) is 11.5 Å². The van der Waals surface area contributed by atoms with E-state index in [1.165, 1.54) is 39.9 Å². The molecule has 2 N–H and O–H groups in total. The number of nitrogens with zero attached hydrogens (tertiary/aromatic N) is 1. The quantitative estimate of drug-likeness (QED) is 0.818. The zero-order valence-corrected chi connectivity index (χ0v) is 16.4. The predicted octanol–water partition coefficient (Wildman–Crippen LogP) is 1.97. The van der Waals surface area contributed by atoms with E-state index in [0.29, 0.717) is 12.2 Å². The zero-order chi connectivity index (χ0) is 20.6. The van der Waals surface area contributed by atoms with Gasteiger partial charge in [-0.05, 0) is 43.2 Å². The van der Waals surface area contributed by atoms with E-state index in [-0.39, 0.29) is 17.4 Å². The number of hydrogen-bond acceptors (Lipinski definition) is 4. The monoisotopic (exact) mass is 404 g/mol. The van der Waals surface area contributed by atoms with Gasteiger partial charge in [0.2, 0.25) is 0 Å². The van der Waals surface area contributed by atoms with Crippen LogP contribution in [0.25, 0.3) is 0 Å². The molecule has 2 aromatic rings. The van der Waals surface area contributed by atoms with Gasteiger partial charge in [-0.1, -0.05) is 12.1 Å². The summed E-state index contributed by atoms with van der Waals surface area (Å²) in [7, 11) is 0. The Labute approximate surface area is 168 Å². The standard InChI is InChI=1S/C21H23F2N3O3/c1-14-4-3-5-17(15(14)2)26-10-8-25(9-11-26)13-20(27)24-16-6-7-18-19(12-16)29-21(22,23)28-18/h3-7,12H,8-11,13H2,1-2H3,(H,24,27)/p+1. The molecule has 4 rings (SSSR count). The number of quaternary nitrogens is 1. The Balaban J connectivity index is 1.30. The number of halogens is 2. The number of benzene rings is 2. The minimum Gasteiger partial charge on any atom is -0.395 e. The first-order valence-electron chi connectivity index (χ1n) is 9.65. The van der Waals surface area contributed by atoms with Gasteiger partial charge in [-0.25, -0.2) is 0 Å². The normalized spacial score (nSPS) is 18.0. The molecule has 1 saturated heterocycles. The molecule has 2 aromatic carbocycles. The van der Waals surface area contributed by atoms with Gasteiger partial charge in [0.1, 0.15) is 0 Å². The Hall–Kier alpha value is -2.87. The molecule has 1 amide bonds. The molecule has 0 aromatic heterocycles. The van der Waals surface area contributed by atoms with E-state index in [1.54, 1.807) is 0 Å². The fraction of sp³-hybridized carbons (Fsp3) is 0.381. The Morgan fingerprint density at radius 1 is 1.14 bits per heavy atom. The molecular weight excluding hydrogens is 380 g/mol. The molecule has 0 saturated carbocycles. The van der Waals surface area contributed by atoms with Crippen LogP contribution in [0.3, 0.4) is 0 Å². The van der Waals surface area contributed by atoms with Gasteiger partial charge in [0, 0.05) is 17.4 Å². The maximum atomic E-state index is 13.1. The molecule has 0 aliphatic carbocycles. The number of ether oxygens (including phenoxy) is 2. The third kappa shape index (κ3) is 4.27. The molecule has 0 radical (unpaired) electrons. The second-order valence-corrected chi connectivity index (χ2v) is 7.51. The Bertz CT molecular complexity index is 927. The van der Waals surface area contributed by atoms with E-state index in [9.17, 15) is 13.6 Å². The number of piperazine rings is 1. The summed E-state index contributed by atoms with van der Waals surface area (Å²) < 4.78 is 35.0. The van der Waals surface area contributed by atoms with Gasteiger partial charge < -0.3 is 24.6 Å². The first-order chi connectivity index (χ1) is 13.8. The fourth-order valence-electron chi connectivity index (χ4n) is 3.78. The number of carbonyl (C=O) groups excluding carboxylic acids is 1. The van der Waals surface area contributed by atoms with E-state index in [2.05, 4.69) is 51.7 Å². The van der Waals surface area contributed by atoms with Crippen molar-refractivity contribution < 1.29 is 27.9 Å². The zero-order valence-electron chi connectivity index (χ0n) is 16.4. The summed E-state index contributed by atoms with van der Waals surface area (Å²) >= 11 is 0. The van der Waals surface area contributed by atoms with Crippen molar-refractivity contribution in [1.29, 1.82) is 0 Å². The average Bonchev–Trinajstić information content (AvgIpc) is 2.98. The molecule has 29 heavy (non-hydrogen) atoms. The molecule has 0 spiro atoms. The maximum absolute atomic E-state index is 13.1. The first-order valence-corrected chi connectivity index (χ1v) is 9.65. The third-order valence-electron chi connectivity index (χ3n) is 5.48. The number of nitrogens with one attached hydrogen (secondary N) is 2. The number of amides is 1. The number of alkyl halides is 2. The summed E-state index contributed by atoms with van der Waals surface area (Å²) in [5, 5.41) is 2.75. The topological polar surface area (TPSA) is 55.2 Å². The molecule has 6 nitrogen and oxygen atoms in total. The van der Waals surface area contributed by atoms with Gasteiger partial charge in [0.05, 0.1) is 26.2 Å². The van der Waals surface area contributed by atoms with Crippen molar-refractivity contribution in [2.24, 2.45) is 0 Å². The third-order valence-corrected chi connectivity index (χ3v) is 5.48. The van der Waals surface area contributed by atoms with Crippen LogP contribution >= 0.6 is 0 Å². The van der Waals surface area contributed by atoms with Crippen LogP contribution in [-0.2, 0) is 4.79 Å². The van der Waals surface area contributed by atoms with Gasteiger partial charge in [0.25, 0.3) is 5.91 Å². The lowest BCUT2D eigenvalue weighted by Crippen LogP contribution is -3.15. The lowest BCUT2D eigenvalue weighted by Gasteiger charge is -2.34. The second-order valence-electron chi connectivity index (χ2n) is 7.51. The molecule has 0 bridgehead atoms. The lowest BCUT2D eigenvalue weighted by molar-refractivity contribution is -0.892. The number of carbonyl (C=O) groups is 1. The van der Waals surface area contributed by atoms with Crippen molar-refractivity contribution in [3.63, 3.8) is 0 Å². The molecule has 2 aliphatic rings. The van der Waals surface area contributed by atoms with Crippen LogP contribution in [0, 0.1) is 13.8 Å². The van der Waals surface area contributed by atoms with E-state index >= 15 is 0 Å². The van der Waals surface area contributed by atoms with Gasteiger partial charge in [0.15, 0.2) is 18.0 Å². The van der Waals surface area contributed by atoms with Crippen molar-refractivity contribution >= 4 is 17.3 Å². The van der Waals surface area contributed by atoms with Crippen molar-refractivity contribution in [2.75, 3.05) is 42.9 Å². The molecular formula is C21H24F2N3O3+. The molecule has 2 aliphatic heterocycles. The molecule has 1 fully saturated rings. The van der Waals surface area contributed by atoms with Crippen LogP contribution in [0.2, 0.25) is 0 Å². The smallest absolute Gasteiger partial charge is 0.395 e. The Morgan fingerprint density at radius 2 is 1.86 bits per heavy atom. The Morgan fingerprint density at radius 3 is 2.62 bits per heavy atom. The van der Waals surface area contributed by atoms with E-state index in [0.717, 1.165) is 26.2 Å². The fourth-order valence-corrected chi connectivity index (χ4v) is 3.78. The van der Waals surface area contributed by atoms with Crippen LogP contribution in [0.15, 0.2) is 36.4 Å². The van der Waals surface area contributed by atoms with Gasteiger partial charge in [-0.3, -0.25) is 4.79 Å². The summed E-state index contributed by atoms with van der Waals surface area (Å²) in [5.74, 6) is -0.283. The maximum Gasteiger partial charge on any atom is 0.586 e. The van der Waals surface area contributed by atoms with Crippen molar-refractivity contribution in [3.05, 3.63) is 47.5 Å². The summed E-state index contributed by atoms with van der Waals surface area (Å²) in [6, 6.07) is 10.6. The number of rotatable bonds is 4. The first kappa shape index (κ1) is 19.4. The van der Waals surface area contributed by atoms with Crippen LogP contribution in [0.5, 0.6) is 11.5 Å². The minimum atomic E-state index is -3.66. The van der Waals surface area contributed by atoms with Gasteiger partial charge in [-0.15, -0.1) is 8.78 Å². The van der Waals surface area contributed by atoms with Crippen molar-refractivity contribution in [1.82, 2.24) is 0 Å². The number of hydrogen-bond donors (Lipinski definition) is 2. The highest BCUT2D eigenvalue weighted by atomic mass is 19.3. The van der Waals surface area contributed by atoms with Crippen LogP contribution in [-0.4, -0.2) is 44.9 Å². The van der Waals surface area contributed by atoms with Crippen LogP contribution in [0.1, 0.15) is 11.1 Å². The molecule has 0 atom stereocenters. The number of anilines is 2. The van der Waals surface area contributed by atoms with E-state index in [4.69, 9.17) is 0 Å². The van der Waals surface area contributed by atoms with Crippen LogP contribution in [0.4, 0.5) is 20.2 Å². The van der Waals surface area contributed by atoms with E-state index in [1.807, 2.05) is 0 Å². The van der Waals surface area contributed by atoms with Gasteiger partial charge in [-0.2, -0.15) is 0 Å². The number of fused-ring (bicyclic) bond motifs is 1. The highest BCUT2D eigenvalue weighted by Crippen LogP contribution is 2.42. The van der Waals surface area contributed by atoms with Crippen molar-refractivity contribution in [2.45, 2.75) is 20.1 Å². The summed E-state index contributed by atoms with van der Waals surface area (Å²) in [5.41, 5.74) is 4.23. The molecule has 0 unspecified atom stereocenters. The SMILES string of the molecule is Cc1cccc(N2CC[NH+](CC(=O)Nc3ccc4c(c3)OC(F)(F)O4)CC2)c1C. The van der Waals surface area contributed by atoms with Gasteiger partial charge >= 0.3 is 6.29 Å². The summed E-state index contributed by atoms with van der Waals surface area (Å²) in [6.07, 6.45) is -3.66. The summed E-state index contributed by atoms with van der Waals surface area (Å²) in [4.78, 5) is 15.9.